The Morgan fingerprint density at radius 1 is 1.08 bits per heavy atom. The summed E-state index contributed by atoms with van der Waals surface area (Å²) in [6.07, 6.45) is 3.36. The highest BCUT2D eigenvalue weighted by Gasteiger charge is 2.38. The van der Waals surface area contributed by atoms with Gasteiger partial charge in [0.05, 0.1) is 17.0 Å². The maximum absolute atomic E-state index is 13.0. The zero-order valence-electron chi connectivity index (χ0n) is 14.6. The summed E-state index contributed by atoms with van der Waals surface area (Å²) in [5.41, 5.74) is 4.44. The molecule has 0 fully saturated rings. The lowest BCUT2D eigenvalue weighted by Gasteiger charge is -2.15. The van der Waals surface area contributed by atoms with Crippen molar-refractivity contribution >= 4 is 29.1 Å². The number of nitrogens with zero attached hydrogens (tertiary/aromatic N) is 2. The number of aromatic nitrogens is 1. The minimum Gasteiger partial charge on any atom is -0.269 e. The highest BCUT2D eigenvalue weighted by molar-refractivity contribution is 8.04. The van der Waals surface area contributed by atoms with E-state index in [2.05, 4.69) is 4.98 Å². The van der Waals surface area contributed by atoms with E-state index >= 15 is 0 Å². The molecule has 0 saturated heterocycles. The molecule has 3 rings (SSSR count). The van der Waals surface area contributed by atoms with Crippen molar-refractivity contribution in [3.63, 3.8) is 0 Å². The van der Waals surface area contributed by atoms with E-state index in [1.165, 1.54) is 16.7 Å². The third-order valence-electron chi connectivity index (χ3n) is 4.27. The summed E-state index contributed by atoms with van der Waals surface area (Å²) in [4.78, 5) is 31.8. The number of carbonyl (C=O) groups excluding carboxylic acids is 2. The molecular formula is C20H20N2O2S. The zero-order valence-corrected chi connectivity index (χ0v) is 15.4. The molecule has 1 aromatic carbocycles. The van der Waals surface area contributed by atoms with E-state index < -0.39 is 0 Å². The summed E-state index contributed by atoms with van der Waals surface area (Å²) in [5.74, 6) is 0.297. The van der Waals surface area contributed by atoms with Crippen LogP contribution in [0.5, 0.6) is 0 Å². The highest BCUT2D eigenvalue weighted by Crippen LogP contribution is 2.37. The first-order valence-corrected chi connectivity index (χ1v) is 9.21. The van der Waals surface area contributed by atoms with Crippen LogP contribution in [-0.4, -0.2) is 27.5 Å². The molecule has 0 atom stereocenters. The van der Waals surface area contributed by atoms with Gasteiger partial charge in [0.2, 0.25) is 0 Å². The number of rotatable bonds is 5. The van der Waals surface area contributed by atoms with Crippen molar-refractivity contribution in [2.75, 3.05) is 5.75 Å². The molecule has 0 aliphatic carbocycles. The molecule has 0 bridgehead atoms. The van der Waals surface area contributed by atoms with Crippen molar-refractivity contribution in [2.24, 2.45) is 0 Å². The molecule has 0 spiro atoms. The van der Waals surface area contributed by atoms with Gasteiger partial charge in [-0.15, -0.1) is 11.8 Å². The van der Waals surface area contributed by atoms with Gasteiger partial charge in [0.25, 0.3) is 11.8 Å². The maximum atomic E-state index is 13.0. The number of aryl methyl sites for hydroxylation is 2. The number of benzene rings is 1. The molecule has 0 radical (unpaired) electrons. The second kappa shape index (κ2) is 7.23. The highest BCUT2D eigenvalue weighted by atomic mass is 32.2. The molecule has 25 heavy (non-hydrogen) atoms. The molecule has 0 saturated carbocycles. The molecule has 1 aliphatic rings. The van der Waals surface area contributed by atoms with E-state index in [0.717, 1.165) is 28.0 Å². The SMILES string of the molecule is CCSC1=C(c2ccc(C)c(C)c2)C(=O)N(Cc2cccnc2)C1=O. The van der Waals surface area contributed by atoms with Crippen LogP contribution in [0.4, 0.5) is 0 Å². The Labute approximate surface area is 152 Å². The molecule has 1 aromatic heterocycles. The maximum Gasteiger partial charge on any atom is 0.268 e. The van der Waals surface area contributed by atoms with E-state index in [1.807, 2.05) is 45.0 Å². The average molecular weight is 352 g/mol. The lowest BCUT2D eigenvalue weighted by Crippen LogP contribution is -2.31. The normalized spacial score (nSPS) is 14.6. The van der Waals surface area contributed by atoms with Crippen LogP contribution in [-0.2, 0) is 16.1 Å². The summed E-state index contributed by atoms with van der Waals surface area (Å²) < 4.78 is 0. The lowest BCUT2D eigenvalue weighted by molar-refractivity contribution is -0.137. The number of carbonyl (C=O) groups is 2. The Kier molecular flexibility index (Phi) is 5.04. The summed E-state index contributed by atoms with van der Waals surface area (Å²) in [7, 11) is 0. The van der Waals surface area contributed by atoms with Gasteiger partial charge in [0.1, 0.15) is 0 Å². The minimum atomic E-state index is -0.229. The first kappa shape index (κ1) is 17.4. The predicted octanol–water partition coefficient (Wildman–Crippen LogP) is 3.73. The van der Waals surface area contributed by atoms with Crippen molar-refractivity contribution in [3.8, 4) is 0 Å². The Morgan fingerprint density at radius 3 is 2.52 bits per heavy atom. The van der Waals surface area contributed by atoms with Crippen molar-refractivity contribution in [1.29, 1.82) is 0 Å². The van der Waals surface area contributed by atoms with Gasteiger partial charge in [-0.25, -0.2) is 0 Å². The van der Waals surface area contributed by atoms with Crippen LogP contribution in [0.15, 0.2) is 47.6 Å². The molecule has 128 valence electrons. The number of amides is 2. The fourth-order valence-electron chi connectivity index (χ4n) is 2.80. The van der Waals surface area contributed by atoms with Gasteiger partial charge in [-0.1, -0.05) is 31.2 Å². The van der Waals surface area contributed by atoms with Crippen LogP contribution in [0.25, 0.3) is 5.57 Å². The summed E-state index contributed by atoms with van der Waals surface area (Å²) in [6, 6.07) is 9.58. The monoisotopic (exact) mass is 352 g/mol. The fourth-order valence-corrected chi connectivity index (χ4v) is 3.67. The molecule has 4 nitrogen and oxygen atoms in total. The van der Waals surface area contributed by atoms with Crippen LogP contribution in [0, 0.1) is 13.8 Å². The second-order valence-electron chi connectivity index (χ2n) is 5.99. The van der Waals surface area contributed by atoms with Crippen molar-refractivity contribution in [1.82, 2.24) is 9.88 Å². The molecular weight excluding hydrogens is 332 g/mol. The summed E-state index contributed by atoms with van der Waals surface area (Å²) in [5, 5.41) is 0. The molecule has 0 N–H and O–H groups in total. The van der Waals surface area contributed by atoms with Crippen molar-refractivity contribution in [3.05, 3.63) is 69.9 Å². The van der Waals surface area contributed by atoms with Crippen LogP contribution in [0.2, 0.25) is 0 Å². The molecule has 5 heteroatoms. The Bertz CT molecular complexity index is 859. The van der Waals surface area contributed by atoms with Crippen LogP contribution < -0.4 is 0 Å². The van der Waals surface area contributed by atoms with Crippen LogP contribution in [0.1, 0.15) is 29.2 Å². The Hall–Kier alpha value is -2.40. The van der Waals surface area contributed by atoms with Gasteiger partial charge >= 0.3 is 0 Å². The molecule has 0 unspecified atom stereocenters. The Balaban J connectivity index is 2.00. The fraction of sp³-hybridized carbons (Fsp3) is 0.250. The largest absolute Gasteiger partial charge is 0.269 e. The van der Waals surface area contributed by atoms with E-state index in [9.17, 15) is 9.59 Å². The van der Waals surface area contributed by atoms with Gasteiger partial charge in [-0.3, -0.25) is 19.5 Å². The van der Waals surface area contributed by atoms with E-state index in [0.29, 0.717) is 10.5 Å². The standard InChI is InChI=1S/C20H20N2O2S/c1-4-25-18-17(16-8-7-13(2)14(3)10-16)19(23)22(20(18)24)12-15-6-5-9-21-11-15/h5-11H,4,12H2,1-3H3. The zero-order chi connectivity index (χ0) is 18.0. The molecule has 2 amide bonds. The van der Waals surface area contributed by atoms with Gasteiger partial charge in [-0.05, 0) is 47.9 Å². The predicted molar refractivity (Wildman–Crippen MR) is 101 cm³/mol. The third-order valence-corrected chi connectivity index (χ3v) is 5.23. The van der Waals surface area contributed by atoms with E-state index in [1.54, 1.807) is 18.5 Å². The van der Waals surface area contributed by atoms with Gasteiger partial charge in [-0.2, -0.15) is 0 Å². The average Bonchev–Trinajstić information content (AvgIpc) is 2.83. The lowest BCUT2D eigenvalue weighted by atomic mass is 10.0. The van der Waals surface area contributed by atoms with Crippen LogP contribution in [0.3, 0.4) is 0 Å². The number of hydrogen-bond donors (Lipinski definition) is 0. The quantitative estimate of drug-likeness (QED) is 0.770. The summed E-state index contributed by atoms with van der Waals surface area (Å²) >= 11 is 1.43. The second-order valence-corrected chi connectivity index (χ2v) is 7.27. The third kappa shape index (κ3) is 3.37. The van der Waals surface area contributed by atoms with Crippen molar-refractivity contribution < 1.29 is 9.59 Å². The van der Waals surface area contributed by atoms with E-state index in [-0.39, 0.29) is 18.4 Å². The molecule has 2 heterocycles. The number of hydrogen-bond acceptors (Lipinski definition) is 4. The number of imide groups is 1. The van der Waals surface area contributed by atoms with E-state index in [4.69, 9.17) is 0 Å². The number of pyridine rings is 1. The first-order chi connectivity index (χ1) is 12.0. The van der Waals surface area contributed by atoms with Gasteiger partial charge < -0.3 is 0 Å². The Morgan fingerprint density at radius 2 is 1.88 bits per heavy atom. The van der Waals surface area contributed by atoms with Crippen molar-refractivity contribution in [2.45, 2.75) is 27.3 Å². The molecule has 1 aliphatic heterocycles. The van der Waals surface area contributed by atoms with Crippen LogP contribution >= 0.6 is 11.8 Å². The van der Waals surface area contributed by atoms with Gasteiger partial charge in [0, 0.05) is 12.4 Å². The van der Waals surface area contributed by atoms with Gasteiger partial charge in [0.15, 0.2) is 0 Å². The molecule has 2 aromatic rings. The minimum absolute atomic E-state index is 0.214. The smallest absolute Gasteiger partial charge is 0.268 e. The summed E-state index contributed by atoms with van der Waals surface area (Å²) in [6.45, 7) is 6.27. The first-order valence-electron chi connectivity index (χ1n) is 8.22. The topological polar surface area (TPSA) is 50.3 Å². The number of thioether (sulfide) groups is 1.